The number of hydrogen-bond donors (Lipinski definition) is 1. The molecule has 0 amide bonds. The number of benzene rings is 2. The second-order valence-corrected chi connectivity index (χ2v) is 15.2. The second kappa shape index (κ2) is 11.7. The molecule has 3 heterocycles. The van der Waals surface area contributed by atoms with Gasteiger partial charge in [0, 0.05) is 47.7 Å². The molecule has 47 heavy (non-hydrogen) atoms. The van der Waals surface area contributed by atoms with Crippen molar-refractivity contribution in [2.45, 2.75) is 76.8 Å². The average Bonchev–Trinajstić information content (AvgIpc) is 3.04. The number of hydrogen-bond acceptors (Lipinski definition) is 7. The van der Waals surface area contributed by atoms with Crippen LogP contribution >= 0.6 is 0 Å². The van der Waals surface area contributed by atoms with Crippen molar-refractivity contribution in [1.82, 2.24) is 19.4 Å². The van der Waals surface area contributed by atoms with E-state index in [4.69, 9.17) is 14.7 Å². The normalized spacial score (nSPS) is 25.6. The van der Waals surface area contributed by atoms with Gasteiger partial charge in [0.05, 0.1) is 18.2 Å². The van der Waals surface area contributed by atoms with E-state index in [1.807, 2.05) is 37.4 Å². The SMILES string of the molecule is COc1ccccc1-c1c(C)c2cnc(Nc3ccc(N4CCC(N(C)C)CC4)c(C)c3)nc2n(C23CC4CC(CC(C4)C2)C3)c1=O. The quantitative estimate of drug-likeness (QED) is 0.229. The van der Waals surface area contributed by atoms with Crippen molar-refractivity contribution in [3.63, 3.8) is 0 Å². The molecule has 4 saturated carbocycles. The zero-order valence-electron chi connectivity index (χ0n) is 28.6. The van der Waals surface area contributed by atoms with E-state index < -0.39 is 0 Å². The van der Waals surface area contributed by atoms with Crippen LogP contribution in [0.15, 0.2) is 53.5 Å². The smallest absolute Gasteiger partial charge is 0.261 e. The van der Waals surface area contributed by atoms with Crippen LogP contribution in [-0.4, -0.2) is 59.8 Å². The van der Waals surface area contributed by atoms with Gasteiger partial charge >= 0.3 is 0 Å². The summed E-state index contributed by atoms with van der Waals surface area (Å²) in [5.41, 5.74) is 6.52. The van der Waals surface area contributed by atoms with E-state index in [9.17, 15) is 4.79 Å². The number of rotatable bonds is 7. The van der Waals surface area contributed by atoms with Crippen molar-refractivity contribution in [1.29, 1.82) is 0 Å². The Morgan fingerprint density at radius 2 is 1.64 bits per heavy atom. The average molecular weight is 633 g/mol. The first kappa shape index (κ1) is 30.4. The van der Waals surface area contributed by atoms with Gasteiger partial charge in [-0.2, -0.15) is 4.98 Å². The molecular formula is C39H48N6O2. The van der Waals surface area contributed by atoms with E-state index in [1.165, 1.54) is 43.4 Å². The van der Waals surface area contributed by atoms with Crippen molar-refractivity contribution >= 4 is 28.4 Å². The molecule has 1 saturated heterocycles. The van der Waals surface area contributed by atoms with Crippen LogP contribution in [0.5, 0.6) is 5.75 Å². The third kappa shape index (κ3) is 5.20. The van der Waals surface area contributed by atoms with Gasteiger partial charge in [-0.1, -0.05) is 18.2 Å². The number of anilines is 3. The molecule has 5 aliphatic rings. The minimum Gasteiger partial charge on any atom is -0.496 e. The predicted molar refractivity (Wildman–Crippen MR) is 190 cm³/mol. The zero-order valence-corrected chi connectivity index (χ0v) is 28.6. The summed E-state index contributed by atoms with van der Waals surface area (Å²) in [5, 5.41) is 4.44. The van der Waals surface area contributed by atoms with Crippen molar-refractivity contribution < 1.29 is 4.74 Å². The van der Waals surface area contributed by atoms with Crippen LogP contribution in [0.1, 0.15) is 62.5 Å². The van der Waals surface area contributed by atoms with Gasteiger partial charge in [-0.25, -0.2) is 4.98 Å². The number of ether oxygens (including phenoxy) is 1. The summed E-state index contributed by atoms with van der Waals surface area (Å²) >= 11 is 0. The summed E-state index contributed by atoms with van der Waals surface area (Å²) in [6.07, 6.45) is 11.4. The lowest BCUT2D eigenvalue weighted by Crippen LogP contribution is -2.55. The van der Waals surface area contributed by atoms with Gasteiger partial charge < -0.3 is 19.9 Å². The molecule has 9 rings (SSSR count). The van der Waals surface area contributed by atoms with Crippen LogP contribution in [0, 0.1) is 31.6 Å². The Balaban J connectivity index is 1.20. The van der Waals surface area contributed by atoms with Gasteiger partial charge in [0.25, 0.3) is 5.56 Å². The maximum Gasteiger partial charge on any atom is 0.261 e. The van der Waals surface area contributed by atoms with Gasteiger partial charge in [-0.05, 0) is 132 Å². The Hall–Kier alpha value is -3.91. The van der Waals surface area contributed by atoms with Crippen molar-refractivity contribution in [3.8, 4) is 16.9 Å². The summed E-state index contributed by atoms with van der Waals surface area (Å²) in [6.45, 7) is 6.37. The van der Waals surface area contributed by atoms with Crippen LogP contribution in [-0.2, 0) is 5.54 Å². The molecule has 8 nitrogen and oxygen atoms in total. The van der Waals surface area contributed by atoms with Crippen LogP contribution in [0.4, 0.5) is 17.3 Å². The Kier molecular flexibility index (Phi) is 7.54. The molecule has 1 N–H and O–H groups in total. The number of methoxy groups -OCH3 is 1. The highest BCUT2D eigenvalue weighted by molar-refractivity contribution is 5.88. The molecule has 2 aromatic carbocycles. The number of aromatic nitrogens is 3. The minimum atomic E-state index is -0.210. The van der Waals surface area contributed by atoms with Crippen molar-refractivity contribution in [2.75, 3.05) is 44.5 Å². The van der Waals surface area contributed by atoms with E-state index in [1.54, 1.807) is 7.11 Å². The van der Waals surface area contributed by atoms with Gasteiger partial charge in [-0.3, -0.25) is 9.36 Å². The first-order valence-corrected chi connectivity index (χ1v) is 17.6. The van der Waals surface area contributed by atoms with Gasteiger partial charge in [0.1, 0.15) is 11.4 Å². The molecule has 0 radical (unpaired) electrons. The van der Waals surface area contributed by atoms with E-state index in [2.05, 4.69) is 58.9 Å². The molecule has 1 aliphatic heterocycles. The zero-order chi connectivity index (χ0) is 32.4. The van der Waals surface area contributed by atoms with Crippen LogP contribution in [0.2, 0.25) is 0 Å². The highest BCUT2D eigenvalue weighted by Gasteiger charge is 2.53. The molecule has 246 valence electrons. The number of pyridine rings is 1. The Morgan fingerprint density at radius 1 is 0.957 bits per heavy atom. The maximum atomic E-state index is 15.0. The maximum absolute atomic E-state index is 15.0. The van der Waals surface area contributed by atoms with E-state index in [0.29, 0.717) is 41.1 Å². The number of nitrogens with one attached hydrogen (secondary N) is 1. The first-order valence-electron chi connectivity index (χ1n) is 17.6. The van der Waals surface area contributed by atoms with Gasteiger partial charge in [0.15, 0.2) is 0 Å². The van der Waals surface area contributed by atoms with Crippen LogP contribution in [0.3, 0.4) is 0 Å². The fourth-order valence-corrected chi connectivity index (χ4v) is 10.2. The molecule has 2 aromatic heterocycles. The van der Waals surface area contributed by atoms with E-state index in [-0.39, 0.29) is 11.1 Å². The monoisotopic (exact) mass is 632 g/mol. The highest BCUT2D eigenvalue weighted by atomic mass is 16.5. The third-order valence-corrected chi connectivity index (χ3v) is 12.0. The topological polar surface area (TPSA) is 75.5 Å². The minimum absolute atomic E-state index is 0.0457. The second-order valence-electron chi connectivity index (χ2n) is 15.2. The van der Waals surface area contributed by atoms with Crippen LogP contribution < -0.4 is 20.5 Å². The highest BCUT2D eigenvalue weighted by Crippen LogP contribution is 2.59. The fourth-order valence-electron chi connectivity index (χ4n) is 10.2. The standard InChI is InChI=1S/C39H48N6O2/c1-24-16-29(10-11-33(24)44-14-12-30(13-15-44)43(3)4)41-38-40-23-32-25(2)35(31-8-6-7-9-34(31)47-5)37(46)45(36(32)42-38)39-20-26-17-27(21-39)19-28(18-26)22-39/h6-11,16,23,26-28,30H,12-15,17-22H2,1-5H3,(H,40,41,42). The van der Waals surface area contributed by atoms with Crippen LogP contribution in [0.25, 0.3) is 22.2 Å². The Bertz CT molecular complexity index is 1850. The molecular weight excluding hydrogens is 584 g/mol. The Morgan fingerprint density at radius 3 is 2.28 bits per heavy atom. The largest absolute Gasteiger partial charge is 0.496 e. The lowest BCUT2D eigenvalue weighted by molar-refractivity contribution is -0.0426. The number of para-hydroxylation sites is 1. The molecule has 4 aliphatic carbocycles. The molecule has 0 unspecified atom stereocenters. The summed E-state index contributed by atoms with van der Waals surface area (Å²) in [6, 6.07) is 15.1. The Labute approximate surface area is 278 Å². The number of aryl methyl sites for hydroxylation is 2. The first-order chi connectivity index (χ1) is 22.7. The molecule has 5 fully saturated rings. The third-order valence-electron chi connectivity index (χ3n) is 12.0. The van der Waals surface area contributed by atoms with Gasteiger partial charge in [-0.15, -0.1) is 0 Å². The number of fused-ring (bicyclic) bond motifs is 1. The van der Waals surface area contributed by atoms with Gasteiger partial charge in [0.2, 0.25) is 5.95 Å². The number of nitrogens with zero attached hydrogens (tertiary/aromatic N) is 5. The molecule has 4 bridgehead atoms. The lowest BCUT2D eigenvalue weighted by Gasteiger charge is -2.57. The molecule has 0 atom stereocenters. The van der Waals surface area contributed by atoms with Crippen molar-refractivity contribution in [2.24, 2.45) is 17.8 Å². The van der Waals surface area contributed by atoms with Crippen molar-refractivity contribution in [3.05, 3.63) is 70.1 Å². The molecule has 0 spiro atoms. The summed E-state index contributed by atoms with van der Waals surface area (Å²) < 4.78 is 7.90. The fraction of sp³-hybridized carbons (Fsp3) is 0.513. The predicted octanol–water partition coefficient (Wildman–Crippen LogP) is 7.28. The molecule has 8 heteroatoms. The lowest BCUT2D eigenvalue weighted by atomic mass is 9.53. The summed E-state index contributed by atoms with van der Waals surface area (Å²) in [7, 11) is 6.04. The van der Waals surface area contributed by atoms with E-state index in [0.717, 1.165) is 60.2 Å². The summed E-state index contributed by atoms with van der Waals surface area (Å²) in [5.74, 6) is 3.30. The van der Waals surface area contributed by atoms with E-state index >= 15 is 0 Å². The molecule has 4 aromatic rings. The summed E-state index contributed by atoms with van der Waals surface area (Å²) in [4.78, 5) is 29.9. The number of piperidine rings is 1.